The van der Waals surface area contributed by atoms with Crippen molar-refractivity contribution in [2.45, 2.75) is 25.0 Å². The summed E-state index contributed by atoms with van der Waals surface area (Å²) in [5.41, 5.74) is 1.42. The fourth-order valence-corrected chi connectivity index (χ4v) is 3.44. The third-order valence-electron chi connectivity index (χ3n) is 6.08. The topological polar surface area (TPSA) is 104 Å². The standard InChI is InChI=1S/C28H26N4O5/c1-27(17-35-27)15-33-23-11-29-25(30-12-23)19-3-7-21(8-4-19)37-22-9-5-20(6-10-22)26-31-13-24(14-32-26)34-16-28(2)18-36-28/h3-14H,15-18H2,1-2H3. The number of aromatic nitrogens is 4. The van der Waals surface area contributed by atoms with Gasteiger partial charge < -0.3 is 23.7 Å². The Balaban J connectivity index is 1.04. The number of rotatable bonds is 10. The summed E-state index contributed by atoms with van der Waals surface area (Å²) < 4.78 is 28.0. The molecule has 0 bridgehead atoms. The Hall–Kier alpha value is -4.08. The van der Waals surface area contributed by atoms with Crippen LogP contribution in [0.3, 0.4) is 0 Å². The largest absolute Gasteiger partial charge is 0.487 e. The highest BCUT2D eigenvalue weighted by atomic mass is 16.6. The van der Waals surface area contributed by atoms with Crippen LogP contribution in [0.2, 0.25) is 0 Å². The van der Waals surface area contributed by atoms with Crippen LogP contribution >= 0.6 is 0 Å². The molecule has 9 nitrogen and oxygen atoms in total. The Morgan fingerprint density at radius 3 is 1.27 bits per heavy atom. The van der Waals surface area contributed by atoms with Crippen molar-refractivity contribution >= 4 is 0 Å². The monoisotopic (exact) mass is 498 g/mol. The van der Waals surface area contributed by atoms with Crippen LogP contribution in [0.1, 0.15) is 13.8 Å². The minimum atomic E-state index is -0.173. The Bertz CT molecular complexity index is 1250. The van der Waals surface area contributed by atoms with E-state index in [1.807, 2.05) is 62.4 Å². The predicted octanol–water partition coefficient (Wildman–Crippen LogP) is 4.73. The molecule has 0 radical (unpaired) electrons. The zero-order valence-corrected chi connectivity index (χ0v) is 20.6. The Morgan fingerprint density at radius 2 is 0.946 bits per heavy atom. The van der Waals surface area contributed by atoms with Gasteiger partial charge in [-0.1, -0.05) is 0 Å². The summed E-state index contributed by atoms with van der Waals surface area (Å²) in [6.45, 7) is 6.45. The summed E-state index contributed by atoms with van der Waals surface area (Å²) in [5.74, 6) is 3.89. The van der Waals surface area contributed by atoms with E-state index < -0.39 is 0 Å². The van der Waals surface area contributed by atoms with E-state index in [-0.39, 0.29) is 11.2 Å². The molecule has 2 atom stereocenters. The summed E-state index contributed by atoms with van der Waals surface area (Å²) in [7, 11) is 0. The summed E-state index contributed by atoms with van der Waals surface area (Å²) in [6, 6.07) is 15.2. The minimum absolute atomic E-state index is 0.173. The van der Waals surface area contributed by atoms with E-state index in [9.17, 15) is 0 Å². The molecule has 2 aromatic heterocycles. The smallest absolute Gasteiger partial charge is 0.159 e. The van der Waals surface area contributed by atoms with Gasteiger partial charge in [0.25, 0.3) is 0 Å². The molecule has 2 aromatic carbocycles. The van der Waals surface area contributed by atoms with E-state index in [4.69, 9.17) is 23.7 Å². The molecule has 0 amide bonds. The molecular formula is C28H26N4O5. The van der Waals surface area contributed by atoms with Gasteiger partial charge in [-0.05, 0) is 62.4 Å². The molecule has 0 spiro atoms. The van der Waals surface area contributed by atoms with Crippen molar-refractivity contribution in [2.24, 2.45) is 0 Å². The average molecular weight is 499 g/mol. The van der Waals surface area contributed by atoms with Crippen molar-refractivity contribution in [1.82, 2.24) is 19.9 Å². The number of hydrogen-bond donors (Lipinski definition) is 0. The lowest BCUT2D eigenvalue weighted by Crippen LogP contribution is -2.17. The molecule has 0 saturated carbocycles. The third-order valence-corrected chi connectivity index (χ3v) is 6.08. The number of hydrogen-bond acceptors (Lipinski definition) is 9. The average Bonchev–Trinajstić information content (AvgIpc) is 3.86. The van der Waals surface area contributed by atoms with Crippen LogP contribution in [0.4, 0.5) is 0 Å². The zero-order valence-electron chi connectivity index (χ0n) is 20.6. The first kappa shape index (κ1) is 23.3. The normalized spacial score (nSPS) is 21.8. The van der Waals surface area contributed by atoms with Crippen LogP contribution in [0.25, 0.3) is 22.8 Å². The van der Waals surface area contributed by atoms with E-state index in [1.165, 1.54) is 0 Å². The van der Waals surface area contributed by atoms with E-state index in [0.717, 1.165) is 24.3 Å². The molecule has 37 heavy (non-hydrogen) atoms. The second-order valence-electron chi connectivity index (χ2n) is 9.69. The number of epoxide rings is 2. The van der Waals surface area contributed by atoms with Crippen molar-refractivity contribution in [3.8, 4) is 45.8 Å². The molecule has 2 saturated heterocycles. The zero-order chi connectivity index (χ0) is 25.3. The van der Waals surface area contributed by atoms with Crippen molar-refractivity contribution in [1.29, 1.82) is 0 Å². The second-order valence-corrected chi connectivity index (χ2v) is 9.69. The van der Waals surface area contributed by atoms with E-state index >= 15 is 0 Å². The van der Waals surface area contributed by atoms with Crippen molar-refractivity contribution in [2.75, 3.05) is 26.4 Å². The molecule has 6 rings (SSSR count). The van der Waals surface area contributed by atoms with Gasteiger partial charge >= 0.3 is 0 Å². The molecule has 0 aliphatic carbocycles. The number of nitrogens with zero attached hydrogens (tertiary/aromatic N) is 4. The molecule has 2 aliphatic heterocycles. The van der Waals surface area contributed by atoms with Gasteiger partial charge in [0.05, 0.1) is 38.0 Å². The van der Waals surface area contributed by atoms with Gasteiger partial charge in [-0.15, -0.1) is 0 Å². The van der Waals surface area contributed by atoms with Gasteiger partial charge in [-0.25, -0.2) is 19.9 Å². The maximum Gasteiger partial charge on any atom is 0.159 e. The van der Waals surface area contributed by atoms with Crippen LogP contribution in [0, 0.1) is 0 Å². The molecule has 2 fully saturated rings. The molecule has 4 heterocycles. The van der Waals surface area contributed by atoms with Gasteiger partial charge in [0.15, 0.2) is 23.1 Å². The summed E-state index contributed by atoms with van der Waals surface area (Å²) in [4.78, 5) is 17.6. The molecule has 4 aromatic rings. The Morgan fingerprint density at radius 1 is 0.595 bits per heavy atom. The van der Waals surface area contributed by atoms with Crippen LogP contribution in [-0.2, 0) is 9.47 Å². The fourth-order valence-electron chi connectivity index (χ4n) is 3.44. The van der Waals surface area contributed by atoms with Crippen LogP contribution in [-0.4, -0.2) is 57.6 Å². The Kier molecular flexibility index (Phi) is 5.94. The predicted molar refractivity (Wildman–Crippen MR) is 135 cm³/mol. The lowest BCUT2D eigenvalue weighted by Gasteiger charge is -2.09. The second kappa shape index (κ2) is 9.42. The molecule has 0 N–H and O–H groups in total. The number of benzene rings is 2. The van der Waals surface area contributed by atoms with E-state index in [1.54, 1.807) is 24.8 Å². The van der Waals surface area contributed by atoms with Crippen molar-refractivity contribution in [3.05, 3.63) is 73.3 Å². The maximum atomic E-state index is 5.99. The summed E-state index contributed by atoms with van der Waals surface area (Å²) in [5, 5.41) is 0. The SMILES string of the molecule is CC1(COc2cnc(-c3ccc(Oc4ccc(-c5ncc(OCC6(C)CO6)cn5)cc4)cc3)nc2)CO1. The molecule has 188 valence electrons. The maximum absolute atomic E-state index is 5.99. The number of ether oxygens (including phenoxy) is 5. The minimum Gasteiger partial charge on any atom is -0.487 e. The highest BCUT2D eigenvalue weighted by Crippen LogP contribution is 2.29. The lowest BCUT2D eigenvalue weighted by molar-refractivity contribution is 0.201. The van der Waals surface area contributed by atoms with Crippen molar-refractivity contribution < 1.29 is 23.7 Å². The molecule has 9 heteroatoms. The first-order valence-electron chi connectivity index (χ1n) is 12.0. The van der Waals surface area contributed by atoms with Crippen LogP contribution < -0.4 is 14.2 Å². The summed E-state index contributed by atoms with van der Waals surface area (Å²) in [6.07, 6.45) is 6.70. The highest BCUT2D eigenvalue weighted by molar-refractivity contribution is 5.58. The van der Waals surface area contributed by atoms with Gasteiger partial charge in [-0.3, -0.25) is 0 Å². The van der Waals surface area contributed by atoms with Gasteiger partial charge in [0.2, 0.25) is 0 Å². The lowest BCUT2D eigenvalue weighted by atomic mass is 10.2. The van der Waals surface area contributed by atoms with Gasteiger partial charge in [0.1, 0.15) is 35.9 Å². The Labute approximate surface area is 214 Å². The highest BCUT2D eigenvalue weighted by Gasteiger charge is 2.40. The quantitative estimate of drug-likeness (QED) is 0.287. The third kappa shape index (κ3) is 5.84. The van der Waals surface area contributed by atoms with Gasteiger partial charge in [0, 0.05) is 11.1 Å². The molecular weight excluding hydrogens is 472 g/mol. The van der Waals surface area contributed by atoms with Gasteiger partial charge in [-0.2, -0.15) is 0 Å². The summed E-state index contributed by atoms with van der Waals surface area (Å²) >= 11 is 0. The van der Waals surface area contributed by atoms with Crippen LogP contribution in [0.5, 0.6) is 23.0 Å². The first-order valence-corrected chi connectivity index (χ1v) is 12.0. The van der Waals surface area contributed by atoms with Crippen molar-refractivity contribution in [3.63, 3.8) is 0 Å². The van der Waals surface area contributed by atoms with E-state index in [0.29, 0.717) is 47.9 Å². The molecule has 2 unspecified atom stereocenters. The van der Waals surface area contributed by atoms with Crippen LogP contribution in [0.15, 0.2) is 73.3 Å². The molecule has 2 aliphatic rings. The van der Waals surface area contributed by atoms with E-state index in [2.05, 4.69) is 19.9 Å². The first-order chi connectivity index (χ1) is 18.0. The fraction of sp³-hybridized carbons (Fsp3) is 0.286.